The van der Waals surface area contributed by atoms with E-state index >= 15 is 0 Å². The normalized spacial score (nSPS) is 9.31. The molecule has 0 aliphatic carbocycles. The molecule has 13 heavy (non-hydrogen) atoms. The number of methoxy groups -OCH3 is 1. The summed E-state index contributed by atoms with van der Waals surface area (Å²) in [4.78, 5) is 14.1. The molecule has 0 unspecified atom stereocenters. The van der Waals surface area contributed by atoms with Gasteiger partial charge in [-0.05, 0) is 0 Å². The van der Waals surface area contributed by atoms with Gasteiger partial charge in [-0.1, -0.05) is 0 Å². The standard InChI is InChI=1S/C7H10N2O3.ClH/c1-12-3-2-9-4-6(7(10)11)8-5-9;/h4-5H,2-3H2,1H3,(H,10,11);1H. The van der Waals surface area contributed by atoms with Crippen molar-refractivity contribution in [2.75, 3.05) is 13.7 Å². The van der Waals surface area contributed by atoms with E-state index in [2.05, 4.69) is 4.98 Å². The van der Waals surface area contributed by atoms with Gasteiger partial charge in [-0.25, -0.2) is 9.78 Å². The molecule has 74 valence electrons. The number of carboxylic acids is 1. The molecule has 0 fully saturated rings. The van der Waals surface area contributed by atoms with E-state index in [1.54, 1.807) is 11.7 Å². The van der Waals surface area contributed by atoms with Crippen molar-refractivity contribution in [1.29, 1.82) is 0 Å². The molecule has 0 bridgehead atoms. The molecule has 0 radical (unpaired) electrons. The van der Waals surface area contributed by atoms with E-state index in [9.17, 15) is 4.79 Å². The van der Waals surface area contributed by atoms with Crippen molar-refractivity contribution in [1.82, 2.24) is 9.55 Å². The fourth-order valence-corrected chi connectivity index (χ4v) is 0.790. The van der Waals surface area contributed by atoms with Gasteiger partial charge in [0.1, 0.15) is 0 Å². The lowest BCUT2D eigenvalue weighted by Gasteiger charge is -1.97. The molecule has 0 spiro atoms. The zero-order chi connectivity index (χ0) is 8.97. The molecule has 1 rings (SSSR count). The number of carbonyl (C=O) groups is 1. The van der Waals surface area contributed by atoms with Crippen LogP contribution in [0.25, 0.3) is 0 Å². The van der Waals surface area contributed by atoms with Gasteiger partial charge < -0.3 is 14.4 Å². The summed E-state index contributed by atoms with van der Waals surface area (Å²) in [6, 6.07) is 0. The van der Waals surface area contributed by atoms with E-state index in [0.717, 1.165) is 0 Å². The second-order valence-corrected chi connectivity index (χ2v) is 2.29. The molecule has 0 aliphatic heterocycles. The Morgan fingerprint density at radius 3 is 2.92 bits per heavy atom. The highest BCUT2D eigenvalue weighted by Crippen LogP contribution is 1.95. The first-order valence-electron chi connectivity index (χ1n) is 3.48. The lowest BCUT2D eigenvalue weighted by Crippen LogP contribution is -2.01. The van der Waals surface area contributed by atoms with E-state index in [1.807, 2.05) is 0 Å². The van der Waals surface area contributed by atoms with Crippen LogP contribution in [0.15, 0.2) is 12.5 Å². The molecule has 1 N–H and O–H groups in total. The number of hydrogen-bond acceptors (Lipinski definition) is 3. The maximum absolute atomic E-state index is 10.4. The summed E-state index contributed by atoms with van der Waals surface area (Å²) in [5, 5.41) is 8.52. The third-order valence-electron chi connectivity index (χ3n) is 1.41. The average molecular weight is 207 g/mol. The van der Waals surface area contributed by atoms with Crippen LogP contribution in [0.1, 0.15) is 10.5 Å². The Morgan fingerprint density at radius 1 is 1.77 bits per heavy atom. The average Bonchev–Trinajstić information content (AvgIpc) is 2.48. The Balaban J connectivity index is 0.00000144. The number of aromatic carboxylic acids is 1. The number of carboxylic acid groups (broad SMARTS) is 1. The molecule has 1 heterocycles. The number of aromatic nitrogens is 2. The fraction of sp³-hybridized carbons (Fsp3) is 0.429. The highest BCUT2D eigenvalue weighted by Gasteiger charge is 2.05. The van der Waals surface area contributed by atoms with E-state index in [4.69, 9.17) is 9.84 Å². The Hall–Kier alpha value is -1.07. The summed E-state index contributed by atoms with van der Waals surface area (Å²) in [6.07, 6.45) is 2.95. The Bertz CT molecular complexity index is 274. The van der Waals surface area contributed by atoms with E-state index < -0.39 is 5.97 Å². The van der Waals surface area contributed by atoms with E-state index in [0.29, 0.717) is 13.2 Å². The van der Waals surface area contributed by atoms with Crippen molar-refractivity contribution < 1.29 is 14.6 Å². The topological polar surface area (TPSA) is 64.4 Å². The van der Waals surface area contributed by atoms with Crippen LogP contribution in [0.2, 0.25) is 0 Å². The number of rotatable bonds is 4. The molecule has 1 aromatic rings. The first kappa shape index (κ1) is 11.9. The second kappa shape index (κ2) is 5.55. The Labute approximate surface area is 81.8 Å². The van der Waals surface area contributed by atoms with Gasteiger partial charge in [0, 0.05) is 19.9 Å². The molecular weight excluding hydrogens is 196 g/mol. The minimum atomic E-state index is -1.01. The van der Waals surface area contributed by atoms with Gasteiger partial charge in [-0.3, -0.25) is 0 Å². The van der Waals surface area contributed by atoms with Gasteiger partial charge in [0.05, 0.1) is 12.9 Å². The molecule has 0 aromatic carbocycles. The maximum Gasteiger partial charge on any atom is 0.356 e. The summed E-state index contributed by atoms with van der Waals surface area (Å²) in [5.41, 5.74) is 0.0612. The second-order valence-electron chi connectivity index (χ2n) is 2.29. The summed E-state index contributed by atoms with van der Waals surface area (Å²) < 4.78 is 6.49. The van der Waals surface area contributed by atoms with Crippen LogP contribution in [0.5, 0.6) is 0 Å². The third-order valence-corrected chi connectivity index (χ3v) is 1.41. The number of halogens is 1. The van der Waals surface area contributed by atoms with Gasteiger partial charge in [-0.2, -0.15) is 0 Å². The van der Waals surface area contributed by atoms with Gasteiger partial charge in [0.15, 0.2) is 5.69 Å². The maximum atomic E-state index is 10.4. The van der Waals surface area contributed by atoms with Crippen molar-refractivity contribution in [3.8, 4) is 0 Å². The Kier molecular flexibility index (Phi) is 5.10. The van der Waals surface area contributed by atoms with Crippen molar-refractivity contribution >= 4 is 18.4 Å². The number of nitrogens with zero attached hydrogens (tertiary/aromatic N) is 2. The van der Waals surface area contributed by atoms with Gasteiger partial charge >= 0.3 is 5.97 Å². The van der Waals surface area contributed by atoms with Crippen LogP contribution in [0.4, 0.5) is 0 Å². The zero-order valence-corrected chi connectivity index (χ0v) is 7.95. The molecule has 6 heteroatoms. The van der Waals surface area contributed by atoms with Crippen LogP contribution < -0.4 is 0 Å². The molecule has 5 nitrogen and oxygen atoms in total. The van der Waals surface area contributed by atoms with Crippen molar-refractivity contribution in [3.63, 3.8) is 0 Å². The van der Waals surface area contributed by atoms with Crippen LogP contribution in [-0.4, -0.2) is 34.3 Å². The molecule has 0 saturated carbocycles. The SMILES string of the molecule is COCCn1cnc(C(=O)O)c1.Cl. The van der Waals surface area contributed by atoms with Crippen molar-refractivity contribution in [2.24, 2.45) is 0 Å². The quantitative estimate of drug-likeness (QED) is 0.786. The van der Waals surface area contributed by atoms with Crippen LogP contribution in [0, 0.1) is 0 Å². The van der Waals surface area contributed by atoms with Crippen molar-refractivity contribution in [3.05, 3.63) is 18.2 Å². The lowest BCUT2D eigenvalue weighted by atomic mass is 10.5. The Morgan fingerprint density at radius 2 is 2.46 bits per heavy atom. The first-order valence-corrected chi connectivity index (χ1v) is 3.48. The minimum absolute atomic E-state index is 0. The molecule has 0 aliphatic rings. The van der Waals surface area contributed by atoms with Crippen molar-refractivity contribution in [2.45, 2.75) is 6.54 Å². The summed E-state index contributed by atoms with van der Waals surface area (Å²) >= 11 is 0. The van der Waals surface area contributed by atoms with E-state index in [1.165, 1.54) is 12.5 Å². The first-order chi connectivity index (χ1) is 5.74. The zero-order valence-electron chi connectivity index (χ0n) is 7.14. The molecule has 0 atom stereocenters. The smallest absolute Gasteiger partial charge is 0.356 e. The monoisotopic (exact) mass is 206 g/mol. The van der Waals surface area contributed by atoms with Gasteiger partial charge in [0.2, 0.25) is 0 Å². The number of hydrogen-bond donors (Lipinski definition) is 1. The van der Waals surface area contributed by atoms with E-state index in [-0.39, 0.29) is 18.1 Å². The predicted octanol–water partition coefficient (Wildman–Crippen LogP) is 0.649. The minimum Gasteiger partial charge on any atom is -0.476 e. The summed E-state index contributed by atoms with van der Waals surface area (Å²) in [5.74, 6) is -1.01. The molecule has 1 aromatic heterocycles. The molecule has 0 amide bonds. The molecular formula is C7H11ClN2O3. The van der Waals surface area contributed by atoms with Crippen LogP contribution >= 0.6 is 12.4 Å². The van der Waals surface area contributed by atoms with Crippen LogP contribution in [0.3, 0.4) is 0 Å². The van der Waals surface area contributed by atoms with Gasteiger partial charge in [-0.15, -0.1) is 12.4 Å². The number of imidazole rings is 1. The largest absolute Gasteiger partial charge is 0.476 e. The van der Waals surface area contributed by atoms with Gasteiger partial charge in [0.25, 0.3) is 0 Å². The molecule has 0 saturated heterocycles. The highest BCUT2D eigenvalue weighted by molar-refractivity contribution is 5.85. The predicted molar refractivity (Wildman–Crippen MR) is 48.3 cm³/mol. The van der Waals surface area contributed by atoms with Crippen LogP contribution in [-0.2, 0) is 11.3 Å². The number of ether oxygens (including phenoxy) is 1. The summed E-state index contributed by atoms with van der Waals surface area (Å²) in [7, 11) is 1.59. The fourth-order valence-electron chi connectivity index (χ4n) is 0.790. The lowest BCUT2D eigenvalue weighted by molar-refractivity contribution is 0.0691. The highest BCUT2D eigenvalue weighted by atomic mass is 35.5. The third kappa shape index (κ3) is 3.43. The summed E-state index contributed by atoms with van der Waals surface area (Å²) in [6.45, 7) is 1.17.